The number of hydrogen-bond acceptors (Lipinski definition) is 5. The molecule has 9 nitrogen and oxygen atoms in total. The van der Waals surface area contributed by atoms with Crippen LogP contribution in [0.3, 0.4) is 0 Å². The Hall–Kier alpha value is -3.98. The molecule has 1 heterocycles. The van der Waals surface area contributed by atoms with Crippen molar-refractivity contribution in [3.63, 3.8) is 0 Å². The van der Waals surface area contributed by atoms with Crippen molar-refractivity contribution in [1.82, 2.24) is 20.3 Å². The zero-order valence-corrected chi connectivity index (χ0v) is 20.5. The molecule has 36 heavy (non-hydrogen) atoms. The van der Waals surface area contributed by atoms with E-state index in [-0.39, 0.29) is 17.9 Å². The first-order valence-electron chi connectivity index (χ1n) is 12.0. The smallest absolute Gasteiger partial charge is 0.335 e. The van der Waals surface area contributed by atoms with Crippen molar-refractivity contribution in [3.05, 3.63) is 88.5 Å². The van der Waals surface area contributed by atoms with Crippen molar-refractivity contribution < 1.29 is 24.7 Å². The van der Waals surface area contributed by atoms with E-state index in [0.29, 0.717) is 25.1 Å². The van der Waals surface area contributed by atoms with Gasteiger partial charge in [-0.15, -0.1) is 0 Å². The van der Waals surface area contributed by atoms with Crippen LogP contribution in [0.15, 0.2) is 54.7 Å². The van der Waals surface area contributed by atoms with Gasteiger partial charge in [-0.2, -0.15) is 0 Å². The second kappa shape index (κ2) is 12.6. The van der Waals surface area contributed by atoms with Crippen LogP contribution in [0, 0.1) is 6.92 Å². The van der Waals surface area contributed by atoms with Gasteiger partial charge in [-0.3, -0.25) is 14.8 Å². The summed E-state index contributed by atoms with van der Waals surface area (Å²) in [5, 5.41) is 21.1. The van der Waals surface area contributed by atoms with Crippen molar-refractivity contribution >= 4 is 17.8 Å². The zero-order chi connectivity index (χ0) is 26.1. The molecule has 190 valence electrons. The number of benzene rings is 2. The highest BCUT2D eigenvalue weighted by molar-refractivity contribution is 5.93. The van der Waals surface area contributed by atoms with E-state index in [1.807, 2.05) is 35.8 Å². The van der Waals surface area contributed by atoms with Crippen LogP contribution in [-0.2, 0) is 24.2 Å². The van der Waals surface area contributed by atoms with Crippen molar-refractivity contribution in [3.8, 4) is 0 Å². The average molecular weight is 493 g/mol. The highest BCUT2D eigenvalue weighted by atomic mass is 16.5. The molecule has 1 atom stereocenters. The molecule has 0 spiro atoms. The van der Waals surface area contributed by atoms with Gasteiger partial charge in [0.15, 0.2) is 0 Å². The Kier molecular flexibility index (Phi) is 9.35. The van der Waals surface area contributed by atoms with Gasteiger partial charge in [0.2, 0.25) is 5.91 Å². The second-order valence-corrected chi connectivity index (χ2v) is 8.85. The summed E-state index contributed by atoms with van der Waals surface area (Å²) in [7, 11) is 0. The first-order chi connectivity index (χ1) is 17.3. The molecular weight excluding hydrogens is 460 g/mol. The maximum Gasteiger partial charge on any atom is 0.335 e. The molecule has 0 unspecified atom stereocenters. The fourth-order valence-electron chi connectivity index (χ4n) is 3.95. The Labute approximate surface area is 210 Å². The molecule has 0 aliphatic rings. The number of carboxylic acids is 1. The number of aryl methyl sites for hydroxylation is 2. The summed E-state index contributed by atoms with van der Waals surface area (Å²) in [6, 6.07) is 13.8. The molecule has 2 amide bonds. The van der Waals surface area contributed by atoms with Crippen molar-refractivity contribution in [1.29, 1.82) is 0 Å². The monoisotopic (exact) mass is 492 g/mol. The van der Waals surface area contributed by atoms with Gasteiger partial charge in [-0.1, -0.05) is 55.3 Å². The molecule has 0 aliphatic carbocycles. The molecule has 1 aromatic heterocycles. The third-order valence-electron chi connectivity index (χ3n) is 5.96. The Morgan fingerprint density at radius 3 is 2.31 bits per heavy atom. The summed E-state index contributed by atoms with van der Waals surface area (Å²) in [6.45, 7) is 4.41. The van der Waals surface area contributed by atoms with Crippen LogP contribution in [-0.4, -0.2) is 43.7 Å². The number of aromatic nitrogens is 2. The molecule has 0 bridgehead atoms. The summed E-state index contributed by atoms with van der Waals surface area (Å²) in [6.07, 6.45) is 4.41. The van der Waals surface area contributed by atoms with Gasteiger partial charge in [0.05, 0.1) is 11.8 Å². The number of amides is 2. The number of hydrogen-bond donors (Lipinski definition) is 4. The lowest BCUT2D eigenvalue weighted by Gasteiger charge is -2.19. The molecule has 2 aromatic carbocycles. The van der Waals surface area contributed by atoms with E-state index >= 15 is 0 Å². The van der Waals surface area contributed by atoms with Gasteiger partial charge in [-0.05, 0) is 43.0 Å². The normalized spacial score (nSPS) is 11.6. The third kappa shape index (κ3) is 7.26. The topological polar surface area (TPSA) is 134 Å². The standard InChI is InChI=1S/C27H32N4O5/c1-3-4-5-24-28-16-23(31(24)17-20-10-12-21(13-11-20)27(34)35)26(33)29-22(15-25(32)30-36)14-19-8-6-18(2)7-9-19/h6-13,16,22,36H,3-5,14-15,17H2,1-2H3,(H,29,33)(H,30,32)(H,34,35)/t22-/m0/s1. The molecule has 9 heteroatoms. The number of aromatic carboxylic acids is 1. The van der Waals surface area contributed by atoms with Crippen molar-refractivity contribution in [2.75, 3.05) is 0 Å². The number of hydroxylamine groups is 1. The minimum atomic E-state index is -1.00. The van der Waals surface area contributed by atoms with E-state index in [1.54, 1.807) is 17.6 Å². The molecule has 3 rings (SSSR count). The van der Waals surface area contributed by atoms with Crippen LogP contribution in [0.2, 0.25) is 0 Å². The third-order valence-corrected chi connectivity index (χ3v) is 5.96. The van der Waals surface area contributed by atoms with Crippen LogP contribution in [0.4, 0.5) is 0 Å². The Balaban J connectivity index is 1.85. The number of nitrogens with one attached hydrogen (secondary N) is 2. The number of nitrogens with zero attached hydrogens (tertiary/aromatic N) is 2. The van der Waals surface area contributed by atoms with E-state index in [9.17, 15) is 14.4 Å². The van der Waals surface area contributed by atoms with Crippen LogP contribution in [0.25, 0.3) is 0 Å². The van der Waals surface area contributed by atoms with Crippen molar-refractivity contribution in [2.45, 2.75) is 58.5 Å². The molecule has 4 N–H and O–H groups in total. The van der Waals surface area contributed by atoms with Gasteiger partial charge in [-0.25, -0.2) is 15.3 Å². The minimum absolute atomic E-state index is 0.0937. The van der Waals surface area contributed by atoms with Crippen LogP contribution in [0.5, 0.6) is 0 Å². The van der Waals surface area contributed by atoms with E-state index < -0.39 is 17.9 Å². The van der Waals surface area contributed by atoms with E-state index in [2.05, 4.69) is 17.2 Å². The number of imidazole rings is 1. The summed E-state index contributed by atoms with van der Waals surface area (Å²) < 4.78 is 1.83. The lowest BCUT2D eigenvalue weighted by Crippen LogP contribution is -2.41. The summed E-state index contributed by atoms with van der Waals surface area (Å²) in [5.41, 5.74) is 5.07. The highest BCUT2D eigenvalue weighted by Crippen LogP contribution is 2.15. The summed E-state index contributed by atoms with van der Waals surface area (Å²) >= 11 is 0. The molecule has 0 radical (unpaired) electrons. The highest BCUT2D eigenvalue weighted by Gasteiger charge is 2.22. The fourth-order valence-corrected chi connectivity index (χ4v) is 3.95. The van der Waals surface area contributed by atoms with Gasteiger partial charge in [0.25, 0.3) is 5.91 Å². The Bertz CT molecular complexity index is 1190. The lowest BCUT2D eigenvalue weighted by atomic mass is 10.0. The molecular formula is C27H32N4O5. The van der Waals surface area contributed by atoms with Gasteiger partial charge >= 0.3 is 5.97 Å². The maximum absolute atomic E-state index is 13.4. The Morgan fingerprint density at radius 2 is 1.69 bits per heavy atom. The molecule has 0 aliphatic heterocycles. The van der Waals surface area contributed by atoms with Crippen LogP contribution < -0.4 is 10.8 Å². The predicted molar refractivity (Wildman–Crippen MR) is 134 cm³/mol. The average Bonchev–Trinajstić information content (AvgIpc) is 3.26. The number of rotatable bonds is 12. The van der Waals surface area contributed by atoms with Crippen LogP contribution >= 0.6 is 0 Å². The molecule has 0 saturated carbocycles. The molecule has 0 fully saturated rings. The van der Waals surface area contributed by atoms with Crippen LogP contribution in [0.1, 0.15) is 69.5 Å². The minimum Gasteiger partial charge on any atom is -0.478 e. The summed E-state index contributed by atoms with van der Waals surface area (Å²) in [5.74, 6) is -1.22. The molecule has 3 aromatic rings. The number of carboxylic acid groups (broad SMARTS) is 1. The largest absolute Gasteiger partial charge is 0.478 e. The molecule has 0 saturated heterocycles. The maximum atomic E-state index is 13.4. The SMILES string of the molecule is CCCCc1ncc(C(=O)N[C@H](CC(=O)NO)Cc2ccc(C)cc2)n1Cc1ccc(C(=O)O)cc1. The summed E-state index contributed by atoms with van der Waals surface area (Å²) in [4.78, 5) is 41.0. The zero-order valence-electron chi connectivity index (χ0n) is 20.5. The van der Waals surface area contributed by atoms with E-state index in [4.69, 9.17) is 10.3 Å². The van der Waals surface area contributed by atoms with Crippen molar-refractivity contribution in [2.24, 2.45) is 0 Å². The fraction of sp³-hybridized carbons (Fsp3) is 0.333. The second-order valence-electron chi connectivity index (χ2n) is 8.85. The van der Waals surface area contributed by atoms with Gasteiger partial charge < -0.3 is 15.0 Å². The predicted octanol–water partition coefficient (Wildman–Crippen LogP) is 3.52. The van der Waals surface area contributed by atoms with E-state index in [0.717, 1.165) is 35.4 Å². The first-order valence-corrected chi connectivity index (χ1v) is 12.0. The lowest BCUT2D eigenvalue weighted by molar-refractivity contribution is -0.129. The number of carbonyl (C=O) groups excluding carboxylic acids is 2. The van der Waals surface area contributed by atoms with Gasteiger partial charge in [0, 0.05) is 25.4 Å². The van der Waals surface area contributed by atoms with E-state index in [1.165, 1.54) is 18.3 Å². The quantitative estimate of drug-likeness (QED) is 0.226. The van der Waals surface area contributed by atoms with Gasteiger partial charge in [0.1, 0.15) is 11.5 Å². The number of unbranched alkanes of at least 4 members (excludes halogenated alkanes) is 1. The first kappa shape index (κ1) is 26.6. The Morgan fingerprint density at radius 1 is 1.03 bits per heavy atom. The number of carbonyl (C=O) groups is 3.